The maximum atomic E-state index is 10.9. The van der Waals surface area contributed by atoms with Gasteiger partial charge in [-0.2, -0.15) is 0 Å². The Hall–Kier alpha value is -2.57. The highest BCUT2D eigenvalue weighted by Gasteiger charge is 2.14. The number of hydrogen-bond acceptors (Lipinski definition) is 6. The number of carbonyl (C=O) groups is 1. The van der Waals surface area contributed by atoms with Crippen LogP contribution in [0.2, 0.25) is 0 Å². The van der Waals surface area contributed by atoms with Crippen molar-refractivity contribution < 1.29 is 9.72 Å². The van der Waals surface area contributed by atoms with E-state index in [2.05, 4.69) is 15.3 Å². The Morgan fingerprint density at radius 1 is 1.44 bits per heavy atom. The van der Waals surface area contributed by atoms with Crippen LogP contribution in [0.25, 0.3) is 10.9 Å². The third kappa shape index (κ3) is 2.10. The molecule has 0 aliphatic carbocycles. The lowest BCUT2D eigenvalue weighted by Gasteiger charge is -2.06. The Balaban J connectivity index is 2.63. The number of anilines is 1. The number of aldehydes is 1. The van der Waals surface area contributed by atoms with Gasteiger partial charge in [0.15, 0.2) is 0 Å². The number of rotatable bonds is 4. The number of aryl methyl sites for hydroxylation is 1. The largest absolute Gasteiger partial charge is 0.363 e. The third-order valence-electron chi connectivity index (χ3n) is 2.50. The van der Waals surface area contributed by atoms with Gasteiger partial charge in [0, 0.05) is 17.0 Å². The Bertz CT molecular complexity index is 627. The first kappa shape index (κ1) is 11.9. The molecule has 0 radical (unpaired) electrons. The van der Waals surface area contributed by atoms with Crippen molar-refractivity contribution >= 4 is 28.7 Å². The van der Waals surface area contributed by atoms with E-state index in [1.807, 2.05) is 0 Å². The molecule has 1 N–H and O–H groups in total. The highest BCUT2D eigenvalue weighted by Crippen LogP contribution is 2.27. The van der Waals surface area contributed by atoms with Gasteiger partial charge >= 0.3 is 0 Å². The van der Waals surface area contributed by atoms with E-state index < -0.39 is 4.92 Å². The van der Waals surface area contributed by atoms with Gasteiger partial charge in [0.05, 0.1) is 17.0 Å². The van der Waals surface area contributed by atoms with Gasteiger partial charge in [-0.1, -0.05) is 0 Å². The second kappa shape index (κ2) is 4.74. The molecule has 92 valence electrons. The summed E-state index contributed by atoms with van der Waals surface area (Å²) in [7, 11) is 0. The van der Waals surface area contributed by atoms with Crippen LogP contribution < -0.4 is 5.32 Å². The smallest absolute Gasteiger partial charge is 0.273 e. The van der Waals surface area contributed by atoms with E-state index >= 15 is 0 Å². The molecule has 0 atom stereocenters. The lowest BCUT2D eigenvalue weighted by Crippen LogP contribution is -2.05. The molecule has 0 aliphatic rings. The summed E-state index contributed by atoms with van der Waals surface area (Å²) in [6.45, 7) is 1.74. The predicted molar refractivity (Wildman–Crippen MR) is 65.5 cm³/mol. The molecular weight excluding hydrogens is 236 g/mol. The standard InChI is InChI=1S/C11H10N4O3/c1-7-4-9-8(5-10(7)15(17)18)11(12-2-3-16)14-6-13-9/h3-6H,2H2,1H3,(H,12,13,14). The Morgan fingerprint density at radius 3 is 2.89 bits per heavy atom. The lowest BCUT2D eigenvalue weighted by molar-refractivity contribution is -0.385. The molecule has 1 heterocycles. The number of fused-ring (bicyclic) bond motifs is 1. The maximum Gasteiger partial charge on any atom is 0.273 e. The van der Waals surface area contributed by atoms with E-state index in [9.17, 15) is 14.9 Å². The molecule has 1 aromatic heterocycles. The van der Waals surface area contributed by atoms with Crippen molar-refractivity contribution in [3.05, 3.63) is 34.1 Å². The van der Waals surface area contributed by atoms with E-state index in [1.165, 1.54) is 12.4 Å². The zero-order valence-corrected chi connectivity index (χ0v) is 9.58. The van der Waals surface area contributed by atoms with Crippen LogP contribution in [0.4, 0.5) is 11.5 Å². The molecule has 1 aromatic carbocycles. The van der Waals surface area contributed by atoms with Crippen molar-refractivity contribution in [3.63, 3.8) is 0 Å². The first-order valence-corrected chi connectivity index (χ1v) is 5.20. The van der Waals surface area contributed by atoms with Gasteiger partial charge in [-0.25, -0.2) is 9.97 Å². The van der Waals surface area contributed by atoms with Crippen molar-refractivity contribution in [2.24, 2.45) is 0 Å². The topological polar surface area (TPSA) is 98.0 Å². The van der Waals surface area contributed by atoms with Crippen LogP contribution in [-0.2, 0) is 4.79 Å². The van der Waals surface area contributed by atoms with Crippen molar-refractivity contribution in [1.29, 1.82) is 0 Å². The van der Waals surface area contributed by atoms with E-state index in [-0.39, 0.29) is 12.2 Å². The quantitative estimate of drug-likeness (QED) is 0.498. The number of carbonyl (C=O) groups excluding carboxylic acids is 1. The molecule has 0 aliphatic heterocycles. The molecule has 2 rings (SSSR count). The fourth-order valence-electron chi connectivity index (χ4n) is 1.67. The van der Waals surface area contributed by atoms with Gasteiger partial charge < -0.3 is 10.1 Å². The van der Waals surface area contributed by atoms with Crippen molar-refractivity contribution in [3.8, 4) is 0 Å². The summed E-state index contributed by atoms with van der Waals surface area (Å²) in [6, 6.07) is 3.04. The zero-order chi connectivity index (χ0) is 13.1. The second-order valence-electron chi connectivity index (χ2n) is 3.68. The van der Waals surface area contributed by atoms with Crippen LogP contribution in [0, 0.1) is 17.0 Å². The molecule has 7 nitrogen and oxygen atoms in total. The number of nitro benzene ring substituents is 1. The fraction of sp³-hybridized carbons (Fsp3) is 0.182. The Kier molecular flexibility index (Phi) is 3.13. The average Bonchev–Trinajstić information content (AvgIpc) is 2.34. The molecule has 2 aromatic rings. The highest BCUT2D eigenvalue weighted by atomic mass is 16.6. The number of benzene rings is 1. The van der Waals surface area contributed by atoms with Gasteiger partial charge in [-0.3, -0.25) is 10.1 Å². The van der Waals surface area contributed by atoms with Crippen molar-refractivity contribution in [2.45, 2.75) is 6.92 Å². The van der Waals surface area contributed by atoms with E-state index in [4.69, 9.17) is 0 Å². The van der Waals surface area contributed by atoms with Gasteiger partial charge in [-0.15, -0.1) is 0 Å². The number of hydrogen-bond donors (Lipinski definition) is 1. The number of nitrogens with one attached hydrogen (secondary N) is 1. The summed E-state index contributed by atoms with van der Waals surface area (Å²) in [6.07, 6.45) is 2.04. The summed E-state index contributed by atoms with van der Waals surface area (Å²) in [5.74, 6) is 0.412. The van der Waals surface area contributed by atoms with Crippen LogP contribution in [0.1, 0.15) is 5.56 Å². The van der Waals surface area contributed by atoms with Gasteiger partial charge in [-0.05, 0) is 13.0 Å². The normalized spacial score (nSPS) is 10.3. The predicted octanol–water partition coefficient (Wildman–Crippen LogP) is 1.46. The highest BCUT2D eigenvalue weighted by molar-refractivity contribution is 5.91. The molecule has 0 unspecified atom stereocenters. The molecule has 18 heavy (non-hydrogen) atoms. The lowest BCUT2D eigenvalue weighted by atomic mass is 10.1. The summed E-state index contributed by atoms with van der Waals surface area (Å²) in [5, 5.41) is 14.2. The third-order valence-corrected chi connectivity index (χ3v) is 2.50. The first-order valence-electron chi connectivity index (χ1n) is 5.20. The fourth-order valence-corrected chi connectivity index (χ4v) is 1.67. The molecule has 0 spiro atoms. The summed E-state index contributed by atoms with van der Waals surface area (Å²) in [4.78, 5) is 28.8. The van der Waals surface area contributed by atoms with Crippen molar-refractivity contribution in [1.82, 2.24) is 9.97 Å². The minimum Gasteiger partial charge on any atom is -0.363 e. The number of nitro groups is 1. The summed E-state index contributed by atoms with van der Waals surface area (Å²) < 4.78 is 0. The van der Waals surface area contributed by atoms with Crippen LogP contribution in [0.15, 0.2) is 18.5 Å². The van der Waals surface area contributed by atoms with Gasteiger partial charge in [0.25, 0.3) is 5.69 Å². The molecule has 7 heteroatoms. The number of aromatic nitrogens is 2. The molecule has 0 fully saturated rings. The first-order chi connectivity index (χ1) is 8.63. The van der Waals surface area contributed by atoms with E-state index in [0.29, 0.717) is 28.6 Å². The van der Waals surface area contributed by atoms with Crippen LogP contribution in [-0.4, -0.2) is 27.7 Å². The second-order valence-corrected chi connectivity index (χ2v) is 3.68. The SMILES string of the molecule is Cc1cc2ncnc(NCC=O)c2cc1[N+](=O)[O-]. The van der Waals surface area contributed by atoms with Crippen molar-refractivity contribution in [2.75, 3.05) is 11.9 Å². The average molecular weight is 246 g/mol. The Morgan fingerprint density at radius 2 is 2.22 bits per heavy atom. The Labute approximate surface area is 102 Å². The zero-order valence-electron chi connectivity index (χ0n) is 9.58. The molecule has 0 bridgehead atoms. The summed E-state index contributed by atoms with van der Waals surface area (Å²) >= 11 is 0. The van der Waals surface area contributed by atoms with Gasteiger partial charge in [0.1, 0.15) is 18.4 Å². The maximum absolute atomic E-state index is 10.9. The number of nitrogens with zero attached hydrogens (tertiary/aromatic N) is 3. The molecule has 0 saturated carbocycles. The van der Waals surface area contributed by atoms with E-state index in [1.54, 1.807) is 13.0 Å². The van der Waals surface area contributed by atoms with Crippen LogP contribution in [0.3, 0.4) is 0 Å². The minimum absolute atomic E-state index is 0.00598. The van der Waals surface area contributed by atoms with Gasteiger partial charge in [0.2, 0.25) is 0 Å². The van der Waals surface area contributed by atoms with Crippen LogP contribution in [0.5, 0.6) is 0 Å². The molecular formula is C11H10N4O3. The molecule has 0 saturated heterocycles. The monoisotopic (exact) mass is 246 g/mol. The minimum atomic E-state index is -0.453. The van der Waals surface area contributed by atoms with Crippen LogP contribution >= 0.6 is 0 Å². The summed E-state index contributed by atoms with van der Waals surface area (Å²) in [5.41, 5.74) is 1.14. The molecule has 0 amide bonds. The van der Waals surface area contributed by atoms with E-state index in [0.717, 1.165) is 0 Å².